The second-order valence-electron chi connectivity index (χ2n) is 9.26. The Balaban J connectivity index is 1.39. The fraction of sp³-hybridized carbons (Fsp3) is 0.440. The second kappa shape index (κ2) is 8.72. The average Bonchev–Trinajstić information content (AvgIpc) is 3.51. The number of nitrogens with one attached hydrogen (secondary N) is 1. The van der Waals surface area contributed by atoms with E-state index in [2.05, 4.69) is 34.1 Å². The highest BCUT2D eigenvalue weighted by Crippen LogP contribution is 2.31. The summed E-state index contributed by atoms with van der Waals surface area (Å²) in [5.74, 6) is 1.36. The Morgan fingerprint density at radius 1 is 1.12 bits per heavy atom. The number of likely N-dealkylation sites (tertiary alicyclic amines) is 1. The van der Waals surface area contributed by atoms with Crippen molar-refractivity contribution in [1.29, 1.82) is 0 Å². The molecule has 0 aliphatic carbocycles. The third kappa shape index (κ3) is 3.90. The van der Waals surface area contributed by atoms with Crippen LogP contribution < -0.4 is 4.90 Å². The maximum absolute atomic E-state index is 11.7. The standard InChI is InChI=1S/C25H29N7O2/c1-17(33)30-8-5-18(6-9-30)16-32-24-21(15-27-32)23(20-3-2-19-4-7-26-22(19)14-20)28-25(29-24)31-10-12-34-13-11-31/h2-4,7,14-15,18,26H,5-6,8-13,16H2,1H3. The number of hydrogen-bond donors (Lipinski definition) is 1. The molecule has 0 bridgehead atoms. The van der Waals surface area contributed by atoms with Gasteiger partial charge in [0.25, 0.3) is 0 Å². The molecule has 9 nitrogen and oxygen atoms in total. The number of carbonyl (C=O) groups excluding carboxylic acids is 1. The maximum Gasteiger partial charge on any atom is 0.228 e. The van der Waals surface area contributed by atoms with Crippen LogP contribution in [-0.4, -0.2) is 74.9 Å². The van der Waals surface area contributed by atoms with Gasteiger partial charge in [-0.05, 0) is 36.3 Å². The zero-order valence-electron chi connectivity index (χ0n) is 19.4. The summed E-state index contributed by atoms with van der Waals surface area (Å²) < 4.78 is 7.58. The molecule has 0 spiro atoms. The number of rotatable bonds is 4. The van der Waals surface area contributed by atoms with Crippen LogP contribution in [0.5, 0.6) is 0 Å². The quantitative estimate of drug-likeness (QED) is 0.504. The summed E-state index contributed by atoms with van der Waals surface area (Å²) in [4.78, 5) is 29.2. The van der Waals surface area contributed by atoms with Crippen molar-refractivity contribution >= 4 is 33.8 Å². The number of hydrogen-bond acceptors (Lipinski definition) is 6. The summed E-state index contributed by atoms with van der Waals surface area (Å²) in [7, 11) is 0. The Morgan fingerprint density at radius 3 is 2.74 bits per heavy atom. The summed E-state index contributed by atoms with van der Waals surface area (Å²) in [5, 5.41) is 6.89. The summed E-state index contributed by atoms with van der Waals surface area (Å²) in [6.07, 6.45) is 5.83. The third-order valence-corrected chi connectivity index (χ3v) is 7.10. The topological polar surface area (TPSA) is 92.2 Å². The van der Waals surface area contributed by atoms with Crippen molar-refractivity contribution in [3.05, 3.63) is 36.7 Å². The van der Waals surface area contributed by atoms with E-state index < -0.39 is 0 Å². The number of aromatic amines is 1. The van der Waals surface area contributed by atoms with Crippen molar-refractivity contribution in [2.45, 2.75) is 26.3 Å². The summed E-state index contributed by atoms with van der Waals surface area (Å²) in [5.41, 5.74) is 3.90. The van der Waals surface area contributed by atoms with Gasteiger partial charge in [0.2, 0.25) is 11.9 Å². The van der Waals surface area contributed by atoms with Gasteiger partial charge in [-0.3, -0.25) is 4.79 Å². The zero-order valence-corrected chi connectivity index (χ0v) is 19.4. The summed E-state index contributed by atoms with van der Waals surface area (Å²) >= 11 is 0. The van der Waals surface area contributed by atoms with E-state index in [9.17, 15) is 4.79 Å². The Labute approximate surface area is 197 Å². The molecule has 2 aliphatic heterocycles. The Morgan fingerprint density at radius 2 is 1.94 bits per heavy atom. The largest absolute Gasteiger partial charge is 0.378 e. The molecule has 176 valence electrons. The second-order valence-corrected chi connectivity index (χ2v) is 9.26. The number of aromatic nitrogens is 5. The van der Waals surface area contributed by atoms with Gasteiger partial charge < -0.3 is 19.5 Å². The fourth-order valence-corrected chi connectivity index (χ4v) is 5.07. The van der Waals surface area contributed by atoms with Crippen LogP contribution in [0.2, 0.25) is 0 Å². The van der Waals surface area contributed by atoms with Crippen molar-refractivity contribution in [2.75, 3.05) is 44.3 Å². The van der Waals surface area contributed by atoms with Gasteiger partial charge in [0.1, 0.15) is 0 Å². The first-order chi connectivity index (χ1) is 16.7. The number of carbonyl (C=O) groups is 1. The SMILES string of the molecule is CC(=O)N1CCC(Cn2ncc3c(-c4ccc5cc[nH]c5c4)nc(N4CCOCC4)nc32)CC1. The molecule has 0 unspecified atom stereocenters. The van der Waals surface area contributed by atoms with E-state index >= 15 is 0 Å². The van der Waals surface area contributed by atoms with Gasteiger partial charge in [-0.2, -0.15) is 10.1 Å². The molecule has 2 aliphatic rings. The molecule has 6 rings (SSSR count). The van der Waals surface area contributed by atoms with Crippen LogP contribution in [-0.2, 0) is 16.1 Å². The first-order valence-electron chi connectivity index (χ1n) is 12.0. The smallest absolute Gasteiger partial charge is 0.228 e. The predicted octanol–water partition coefficient (Wildman–Crippen LogP) is 3.07. The van der Waals surface area contributed by atoms with E-state index in [1.807, 2.05) is 22.0 Å². The van der Waals surface area contributed by atoms with Crippen molar-refractivity contribution in [1.82, 2.24) is 29.6 Å². The molecule has 9 heteroatoms. The first kappa shape index (κ1) is 21.1. The van der Waals surface area contributed by atoms with E-state index in [0.717, 1.165) is 79.3 Å². The average molecular weight is 460 g/mol. The van der Waals surface area contributed by atoms with E-state index in [0.29, 0.717) is 19.1 Å². The molecule has 34 heavy (non-hydrogen) atoms. The molecule has 3 aromatic heterocycles. The lowest BCUT2D eigenvalue weighted by atomic mass is 9.97. The van der Waals surface area contributed by atoms with E-state index in [4.69, 9.17) is 19.8 Å². The minimum Gasteiger partial charge on any atom is -0.378 e. The van der Waals surface area contributed by atoms with Crippen LogP contribution >= 0.6 is 0 Å². The zero-order chi connectivity index (χ0) is 23.1. The molecule has 2 fully saturated rings. The molecular weight excluding hydrogens is 430 g/mol. The lowest BCUT2D eigenvalue weighted by Crippen LogP contribution is -2.38. The normalized spacial score (nSPS) is 17.7. The number of nitrogens with zero attached hydrogens (tertiary/aromatic N) is 6. The highest BCUT2D eigenvalue weighted by molar-refractivity contribution is 5.94. The third-order valence-electron chi connectivity index (χ3n) is 7.10. The minimum atomic E-state index is 0.162. The number of H-pyrrole nitrogens is 1. The minimum absolute atomic E-state index is 0.162. The number of morpholine rings is 1. The van der Waals surface area contributed by atoms with Gasteiger partial charge in [-0.15, -0.1) is 0 Å². The molecule has 4 aromatic rings. The summed E-state index contributed by atoms with van der Waals surface area (Å²) in [6, 6.07) is 8.46. The van der Waals surface area contributed by atoms with Crippen molar-refractivity contribution < 1.29 is 9.53 Å². The number of ether oxygens (including phenoxy) is 1. The van der Waals surface area contributed by atoms with Gasteiger partial charge in [0, 0.05) is 56.9 Å². The Bertz CT molecular complexity index is 1330. The highest BCUT2D eigenvalue weighted by atomic mass is 16.5. The van der Waals surface area contributed by atoms with Crippen molar-refractivity contribution in [3.63, 3.8) is 0 Å². The van der Waals surface area contributed by atoms with Crippen LogP contribution in [0.3, 0.4) is 0 Å². The monoisotopic (exact) mass is 459 g/mol. The lowest BCUT2D eigenvalue weighted by Gasteiger charge is -2.31. The van der Waals surface area contributed by atoms with Crippen LogP contribution in [0.1, 0.15) is 19.8 Å². The first-order valence-corrected chi connectivity index (χ1v) is 12.0. The highest BCUT2D eigenvalue weighted by Gasteiger charge is 2.24. The number of fused-ring (bicyclic) bond motifs is 2. The Kier molecular flexibility index (Phi) is 5.41. The number of piperidine rings is 1. The predicted molar refractivity (Wildman–Crippen MR) is 131 cm³/mol. The van der Waals surface area contributed by atoms with Crippen LogP contribution in [0.25, 0.3) is 33.2 Å². The Hall–Kier alpha value is -3.46. The molecule has 2 saturated heterocycles. The number of amides is 1. The fourth-order valence-electron chi connectivity index (χ4n) is 5.07. The van der Waals surface area contributed by atoms with Gasteiger partial charge in [0.15, 0.2) is 5.65 Å². The molecule has 1 amide bonds. The van der Waals surface area contributed by atoms with Gasteiger partial charge in [-0.1, -0.05) is 12.1 Å². The molecule has 0 radical (unpaired) electrons. The number of benzene rings is 1. The van der Waals surface area contributed by atoms with Crippen molar-refractivity contribution in [2.24, 2.45) is 5.92 Å². The van der Waals surface area contributed by atoms with Crippen molar-refractivity contribution in [3.8, 4) is 11.3 Å². The molecule has 5 heterocycles. The van der Waals surface area contributed by atoms with E-state index in [1.165, 1.54) is 5.39 Å². The number of anilines is 1. The molecule has 0 saturated carbocycles. The van der Waals surface area contributed by atoms with Gasteiger partial charge >= 0.3 is 0 Å². The lowest BCUT2D eigenvalue weighted by molar-refractivity contribution is -0.130. The van der Waals surface area contributed by atoms with E-state index in [1.54, 1.807) is 6.92 Å². The van der Waals surface area contributed by atoms with E-state index in [-0.39, 0.29) is 5.91 Å². The van der Waals surface area contributed by atoms with Crippen LogP contribution in [0.15, 0.2) is 36.7 Å². The molecule has 1 N–H and O–H groups in total. The van der Waals surface area contributed by atoms with Crippen LogP contribution in [0.4, 0.5) is 5.95 Å². The molecule has 0 atom stereocenters. The molecule has 1 aromatic carbocycles. The van der Waals surface area contributed by atoms with Gasteiger partial charge in [0.05, 0.1) is 30.5 Å². The maximum atomic E-state index is 11.7. The molecular formula is C25H29N7O2. The van der Waals surface area contributed by atoms with Crippen LogP contribution in [0, 0.1) is 5.92 Å². The van der Waals surface area contributed by atoms with Gasteiger partial charge in [-0.25, -0.2) is 9.67 Å². The summed E-state index contributed by atoms with van der Waals surface area (Å²) in [6.45, 7) is 6.99.